The number of nitrogens with zero attached hydrogens (tertiary/aromatic N) is 3. The summed E-state index contributed by atoms with van der Waals surface area (Å²) >= 11 is 1.44. The topological polar surface area (TPSA) is 57.7 Å². The lowest BCUT2D eigenvalue weighted by Crippen LogP contribution is -2.45. The highest BCUT2D eigenvalue weighted by molar-refractivity contribution is 7.20. The van der Waals surface area contributed by atoms with Gasteiger partial charge in [0.05, 0.1) is 17.5 Å². The summed E-state index contributed by atoms with van der Waals surface area (Å²) in [5, 5.41) is 5.11. The number of fused-ring (bicyclic) bond motifs is 2. The molecule has 28 heavy (non-hydrogen) atoms. The quantitative estimate of drug-likeness (QED) is 0.647. The van der Waals surface area contributed by atoms with Gasteiger partial charge in [0, 0.05) is 49.6 Å². The number of piperazine rings is 1. The predicted molar refractivity (Wildman–Crippen MR) is 115 cm³/mol. The molecule has 3 aromatic rings. The van der Waals surface area contributed by atoms with Gasteiger partial charge in [-0.05, 0) is 44.3 Å². The van der Waals surface area contributed by atoms with Gasteiger partial charge in [-0.15, -0.1) is 11.3 Å². The number of nitrogens with one attached hydrogen (secondary N) is 1. The van der Waals surface area contributed by atoms with Gasteiger partial charge in [-0.25, -0.2) is 4.98 Å². The number of ether oxygens (including phenoxy) is 1. The molecular formula is C21H26N4O2S. The largest absolute Gasteiger partial charge is 0.497 e. The first-order valence-corrected chi connectivity index (χ1v) is 10.5. The number of rotatable bonds is 6. The van der Waals surface area contributed by atoms with Crippen molar-refractivity contribution in [2.75, 3.05) is 53.4 Å². The maximum atomic E-state index is 12.5. The van der Waals surface area contributed by atoms with E-state index in [-0.39, 0.29) is 5.91 Å². The molecule has 6 nitrogen and oxygen atoms in total. The van der Waals surface area contributed by atoms with E-state index >= 15 is 0 Å². The molecule has 4 rings (SSSR count). The predicted octanol–water partition coefficient (Wildman–Crippen LogP) is 2.83. The zero-order chi connectivity index (χ0) is 19.5. The van der Waals surface area contributed by atoms with E-state index < -0.39 is 0 Å². The van der Waals surface area contributed by atoms with Crippen LogP contribution in [-0.2, 0) is 0 Å². The number of pyridine rings is 1. The monoisotopic (exact) mass is 398 g/mol. The second-order valence-corrected chi connectivity index (χ2v) is 8.34. The van der Waals surface area contributed by atoms with Crippen LogP contribution in [0.1, 0.15) is 16.1 Å². The molecule has 2 aromatic heterocycles. The third kappa shape index (κ3) is 4.27. The van der Waals surface area contributed by atoms with Crippen molar-refractivity contribution < 1.29 is 9.53 Å². The Bertz CT molecular complexity index is 979. The van der Waals surface area contributed by atoms with Gasteiger partial charge in [0.2, 0.25) is 0 Å². The third-order valence-electron chi connectivity index (χ3n) is 5.27. The minimum atomic E-state index is -0.0111. The molecule has 0 saturated carbocycles. The fraction of sp³-hybridized carbons (Fsp3) is 0.429. The Labute approximate surface area is 169 Å². The van der Waals surface area contributed by atoms with Crippen molar-refractivity contribution in [3.8, 4) is 5.75 Å². The number of amides is 1. The Morgan fingerprint density at radius 2 is 2.00 bits per heavy atom. The van der Waals surface area contributed by atoms with Crippen molar-refractivity contribution in [3.63, 3.8) is 0 Å². The molecule has 0 atom stereocenters. The summed E-state index contributed by atoms with van der Waals surface area (Å²) < 4.78 is 5.28. The lowest BCUT2D eigenvalue weighted by atomic mass is 10.2. The first-order chi connectivity index (χ1) is 13.6. The number of carbonyl (C=O) groups is 1. The Morgan fingerprint density at radius 3 is 2.79 bits per heavy atom. The highest BCUT2D eigenvalue weighted by atomic mass is 32.1. The molecule has 7 heteroatoms. The average Bonchev–Trinajstić information content (AvgIpc) is 3.13. The maximum absolute atomic E-state index is 12.5. The summed E-state index contributed by atoms with van der Waals surface area (Å²) in [6, 6.07) is 9.86. The maximum Gasteiger partial charge on any atom is 0.261 e. The summed E-state index contributed by atoms with van der Waals surface area (Å²) in [7, 11) is 3.81. The zero-order valence-electron chi connectivity index (χ0n) is 16.4. The molecule has 1 saturated heterocycles. The third-order valence-corrected chi connectivity index (χ3v) is 6.31. The van der Waals surface area contributed by atoms with E-state index in [1.807, 2.05) is 24.3 Å². The molecule has 0 aliphatic carbocycles. The number of carbonyl (C=O) groups excluding carboxylic acids is 1. The van der Waals surface area contributed by atoms with Crippen molar-refractivity contribution in [2.45, 2.75) is 6.42 Å². The molecular weight excluding hydrogens is 372 g/mol. The number of thiophene rings is 1. The van der Waals surface area contributed by atoms with Crippen LogP contribution in [-0.4, -0.2) is 74.1 Å². The number of hydrogen-bond acceptors (Lipinski definition) is 6. The van der Waals surface area contributed by atoms with E-state index in [9.17, 15) is 4.79 Å². The van der Waals surface area contributed by atoms with E-state index in [1.165, 1.54) is 11.3 Å². The van der Waals surface area contributed by atoms with Crippen LogP contribution in [0, 0.1) is 0 Å². The number of hydrogen-bond donors (Lipinski definition) is 1. The van der Waals surface area contributed by atoms with Gasteiger partial charge in [-0.2, -0.15) is 0 Å². The van der Waals surface area contributed by atoms with E-state index in [2.05, 4.69) is 28.2 Å². The van der Waals surface area contributed by atoms with E-state index in [1.54, 1.807) is 7.11 Å². The molecule has 0 bridgehead atoms. The van der Waals surface area contributed by atoms with Crippen LogP contribution in [0.2, 0.25) is 0 Å². The lowest BCUT2D eigenvalue weighted by molar-refractivity contribution is 0.0953. The van der Waals surface area contributed by atoms with E-state index in [4.69, 9.17) is 9.72 Å². The Hall–Kier alpha value is -2.22. The fourth-order valence-corrected chi connectivity index (χ4v) is 4.45. The summed E-state index contributed by atoms with van der Waals surface area (Å²) in [6.07, 6.45) is 0.974. The molecule has 1 fully saturated rings. The molecule has 148 valence electrons. The summed E-state index contributed by atoms with van der Waals surface area (Å²) in [5.74, 6) is 0.775. The van der Waals surface area contributed by atoms with E-state index in [0.29, 0.717) is 11.4 Å². The van der Waals surface area contributed by atoms with E-state index in [0.717, 1.165) is 66.0 Å². The van der Waals surface area contributed by atoms with Gasteiger partial charge in [0.1, 0.15) is 10.6 Å². The highest BCUT2D eigenvalue weighted by Crippen LogP contribution is 2.29. The fourth-order valence-electron chi connectivity index (χ4n) is 3.51. The summed E-state index contributed by atoms with van der Waals surface area (Å²) in [5.41, 5.74) is 0.882. The molecule has 0 radical (unpaired) electrons. The molecule has 1 amide bonds. The van der Waals surface area contributed by atoms with Crippen LogP contribution in [0.25, 0.3) is 21.1 Å². The van der Waals surface area contributed by atoms with Crippen LogP contribution in [0.3, 0.4) is 0 Å². The van der Waals surface area contributed by atoms with Gasteiger partial charge in [0.25, 0.3) is 5.91 Å². The molecule has 0 spiro atoms. The first-order valence-electron chi connectivity index (χ1n) is 9.70. The lowest BCUT2D eigenvalue weighted by Gasteiger charge is -2.32. The van der Waals surface area contributed by atoms with Crippen molar-refractivity contribution in [1.29, 1.82) is 0 Å². The molecule has 1 aliphatic rings. The van der Waals surface area contributed by atoms with Crippen LogP contribution < -0.4 is 10.1 Å². The van der Waals surface area contributed by atoms with Crippen LogP contribution in [0.5, 0.6) is 5.75 Å². The van der Waals surface area contributed by atoms with Crippen molar-refractivity contribution in [2.24, 2.45) is 0 Å². The summed E-state index contributed by atoms with van der Waals surface area (Å²) in [4.78, 5) is 23.6. The van der Waals surface area contributed by atoms with Crippen molar-refractivity contribution in [1.82, 2.24) is 20.1 Å². The highest BCUT2D eigenvalue weighted by Gasteiger charge is 2.14. The van der Waals surface area contributed by atoms with Gasteiger partial charge < -0.3 is 19.9 Å². The molecule has 1 N–H and O–H groups in total. The number of methoxy groups -OCH3 is 1. The Morgan fingerprint density at radius 1 is 1.18 bits per heavy atom. The normalized spacial score (nSPS) is 15.9. The molecule has 0 unspecified atom stereocenters. The van der Waals surface area contributed by atoms with Crippen molar-refractivity contribution >= 4 is 38.4 Å². The molecule has 3 heterocycles. The van der Waals surface area contributed by atoms with Crippen LogP contribution in [0.15, 0.2) is 30.3 Å². The van der Waals surface area contributed by atoms with Crippen LogP contribution in [0.4, 0.5) is 0 Å². The zero-order valence-corrected chi connectivity index (χ0v) is 17.2. The Kier molecular flexibility index (Phi) is 5.75. The summed E-state index contributed by atoms with van der Waals surface area (Å²) in [6.45, 7) is 6.22. The SMILES string of the molecule is COc1ccc2cc3cc(C(=O)NCCCN4CCN(C)CC4)sc3nc2c1. The molecule has 1 aromatic carbocycles. The number of likely N-dealkylation sites (N-methyl/N-ethyl adjacent to an activating group) is 1. The minimum Gasteiger partial charge on any atom is -0.497 e. The number of benzene rings is 1. The smallest absolute Gasteiger partial charge is 0.261 e. The number of aromatic nitrogens is 1. The van der Waals surface area contributed by atoms with Gasteiger partial charge >= 0.3 is 0 Å². The standard InChI is InChI=1S/C21H26N4O2S/c1-24-8-10-25(11-9-24)7-3-6-22-20(26)19-13-16-12-15-4-5-17(27-2)14-18(15)23-21(16)28-19/h4-5,12-14H,3,6-11H2,1-2H3,(H,22,26). The van der Waals surface area contributed by atoms with Gasteiger partial charge in [-0.3, -0.25) is 4.79 Å². The Balaban J connectivity index is 1.36. The van der Waals surface area contributed by atoms with Crippen molar-refractivity contribution in [3.05, 3.63) is 35.2 Å². The van der Waals surface area contributed by atoms with Crippen LogP contribution >= 0.6 is 11.3 Å². The molecule has 1 aliphatic heterocycles. The van der Waals surface area contributed by atoms with Gasteiger partial charge in [-0.1, -0.05) is 0 Å². The average molecular weight is 399 g/mol. The second kappa shape index (κ2) is 8.43. The second-order valence-electron chi connectivity index (χ2n) is 7.31. The minimum absolute atomic E-state index is 0.0111. The first kappa shape index (κ1) is 19.1. The van der Waals surface area contributed by atoms with Gasteiger partial charge in [0.15, 0.2) is 0 Å².